The lowest BCUT2D eigenvalue weighted by Gasteiger charge is -2.32. The summed E-state index contributed by atoms with van der Waals surface area (Å²) in [6.07, 6.45) is 4.23. The molecule has 5 nitrogen and oxygen atoms in total. The highest BCUT2D eigenvalue weighted by Gasteiger charge is 2.33. The van der Waals surface area contributed by atoms with E-state index in [-0.39, 0.29) is 36.6 Å². The van der Waals surface area contributed by atoms with Gasteiger partial charge in [-0.3, -0.25) is 9.59 Å². The fraction of sp³-hybridized carbons (Fsp3) is 0.333. The van der Waals surface area contributed by atoms with Crippen molar-refractivity contribution in [1.29, 1.82) is 0 Å². The summed E-state index contributed by atoms with van der Waals surface area (Å²) in [5, 5.41) is 5.08. The molecular formula is C27H29FN2O3S. The molecule has 0 saturated heterocycles. The fourth-order valence-electron chi connectivity index (χ4n) is 4.38. The Labute approximate surface area is 203 Å². The molecule has 1 fully saturated rings. The minimum absolute atomic E-state index is 0.102. The van der Waals surface area contributed by atoms with Gasteiger partial charge in [0, 0.05) is 17.5 Å². The molecule has 2 aromatic carbocycles. The van der Waals surface area contributed by atoms with E-state index in [1.807, 2.05) is 41.8 Å². The molecule has 1 N–H and O–H groups in total. The molecule has 0 spiro atoms. The molecule has 0 radical (unpaired) electrons. The van der Waals surface area contributed by atoms with Crippen molar-refractivity contribution in [3.8, 4) is 5.75 Å². The van der Waals surface area contributed by atoms with Crippen LogP contribution in [0.2, 0.25) is 0 Å². The summed E-state index contributed by atoms with van der Waals surface area (Å²) in [6, 6.07) is 16.4. The van der Waals surface area contributed by atoms with E-state index < -0.39 is 6.04 Å². The number of hydrogen-bond acceptors (Lipinski definition) is 4. The molecular weight excluding hydrogens is 451 g/mol. The second kappa shape index (κ2) is 11.3. The zero-order valence-electron chi connectivity index (χ0n) is 19.2. The summed E-state index contributed by atoms with van der Waals surface area (Å²) < 4.78 is 19.0. The van der Waals surface area contributed by atoms with E-state index in [2.05, 4.69) is 5.32 Å². The van der Waals surface area contributed by atoms with Gasteiger partial charge in [-0.25, -0.2) is 4.39 Å². The Morgan fingerprint density at radius 1 is 1.09 bits per heavy atom. The van der Waals surface area contributed by atoms with Crippen molar-refractivity contribution >= 4 is 23.2 Å². The largest absolute Gasteiger partial charge is 0.497 e. The van der Waals surface area contributed by atoms with Crippen LogP contribution in [0.3, 0.4) is 0 Å². The monoisotopic (exact) mass is 480 g/mol. The van der Waals surface area contributed by atoms with E-state index in [9.17, 15) is 14.0 Å². The SMILES string of the molecule is COc1ccc(CN(C(=O)Cc2cccs2)C(C(=O)NC2CCCC2)c2ccc(F)cc2)cc1. The number of nitrogens with one attached hydrogen (secondary N) is 1. The second-order valence-corrected chi connectivity index (χ2v) is 9.60. The lowest BCUT2D eigenvalue weighted by atomic mass is 10.0. The molecule has 7 heteroatoms. The Balaban J connectivity index is 1.68. The number of benzene rings is 2. The first kappa shape index (κ1) is 24.0. The topological polar surface area (TPSA) is 58.6 Å². The maximum atomic E-state index is 13.7. The quantitative estimate of drug-likeness (QED) is 0.454. The summed E-state index contributed by atoms with van der Waals surface area (Å²) in [7, 11) is 1.60. The Hall–Kier alpha value is -3.19. The number of hydrogen-bond donors (Lipinski definition) is 1. The number of nitrogens with zero attached hydrogens (tertiary/aromatic N) is 1. The summed E-state index contributed by atoms with van der Waals surface area (Å²) >= 11 is 1.51. The van der Waals surface area contributed by atoms with E-state index in [1.165, 1.54) is 23.5 Å². The van der Waals surface area contributed by atoms with E-state index in [1.54, 1.807) is 24.1 Å². The van der Waals surface area contributed by atoms with Crippen molar-refractivity contribution in [2.75, 3.05) is 7.11 Å². The number of carbonyl (C=O) groups excluding carboxylic acids is 2. The summed E-state index contributed by atoms with van der Waals surface area (Å²) in [5.41, 5.74) is 1.46. The maximum absolute atomic E-state index is 13.7. The highest BCUT2D eigenvalue weighted by Crippen LogP contribution is 2.28. The number of rotatable bonds is 9. The van der Waals surface area contributed by atoms with Gasteiger partial charge in [-0.1, -0.05) is 43.2 Å². The molecule has 0 bridgehead atoms. The lowest BCUT2D eigenvalue weighted by Crippen LogP contribution is -2.46. The molecule has 1 aromatic heterocycles. The third kappa shape index (κ3) is 6.03. The van der Waals surface area contributed by atoms with Crippen LogP contribution in [0.4, 0.5) is 4.39 Å². The van der Waals surface area contributed by atoms with Gasteiger partial charge in [-0.15, -0.1) is 11.3 Å². The van der Waals surface area contributed by atoms with Gasteiger partial charge in [0.05, 0.1) is 13.5 Å². The first-order valence-corrected chi connectivity index (χ1v) is 12.4. The number of halogens is 1. The molecule has 0 aliphatic heterocycles. The van der Waals surface area contributed by atoms with Crippen LogP contribution < -0.4 is 10.1 Å². The molecule has 2 amide bonds. The van der Waals surface area contributed by atoms with Gasteiger partial charge in [-0.05, 0) is 59.7 Å². The predicted molar refractivity (Wildman–Crippen MR) is 131 cm³/mol. The molecule has 34 heavy (non-hydrogen) atoms. The van der Waals surface area contributed by atoms with Crippen molar-refractivity contribution in [1.82, 2.24) is 10.2 Å². The highest BCUT2D eigenvalue weighted by atomic mass is 32.1. The summed E-state index contributed by atoms with van der Waals surface area (Å²) in [4.78, 5) is 29.8. The van der Waals surface area contributed by atoms with Gasteiger partial charge < -0.3 is 15.0 Å². The Morgan fingerprint density at radius 3 is 2.41 bits per heavy atom. The average molecular weight is 481 g/mol. The van der Waals surface area contributed by atoms with Crippen LogP contribution in [-0.2, 0) is 22.6 Å². The molecule has 1 saturated carbocycles. The van der Waals surface area contributed by atoms with Gasteiger partial charge in [0.2, 0.25) is 11.8 Å². The number of amides is 2. The molecule has 1 heterocycles. The fourth-order valence-corrected chi connectivity index (χ4v) is 5.08. The standard InChI is InChI=1S/C27H29FN2O3S/c1-33-23-14-8-19(9-15-23)18-30(25(31)17-24-7-4-16-34-24)26(20-10-12-21(28)13-11-20)27(32)29-22-5-2-3-6-22/h4,7-16,22,26H,2-3,5-6,17-18H2,1H3,(H,29,32). The Morgan fingerprint density at radius 2 is 1.79 bits per heavy atom. The smallest absolute Gasteiger partial charge is 0.247 e. The van der Waals surface area contributed by atoms with Crippen molar-refractivity contribution in [2.24, 2.45) is 0 Å². The van der Waals surface area contributed by atoms with E-state index >= 15 is 0 Å². The van der Waals surface area contributed by atoms with E-state index in [4.69, 9.17) is 4.74 Å². The van der Waals surface area contributed by atoms with Crippen LogP contribution in [0, 0.1) is 5.82 Å². The van der Waals surface area contributed by atoms with Crippen LogP contribution in [0.15, 0.2) is 66.0 Å². The van der Waals surface area contributed by atoms with Crippen LogP contribution >= 0.6 is 11.3 Å². The number of ether oxygens (including phenoxy) is 1. The normalized spacial score (nSPS) is 14.5. The number of carbonyl (C=O) groups is 2. The Bertz CT molecular complexity index is 1080. The molecule has 1 unspecified atom stereocenters. The third-order valence-corrected chi connectivity index (χ3v) is 7.06. The third-order valence-electron chi connectivity index (χ3n) is 6.19. The van der Waals surface area contributed by atoms with Crippen molar-refractivity contribution in [3.05, 3.63) is 87.9 Å². The lowest BCUT2D eigenvalue weighted by molar-refractivity contribution is -0.141. The molecule has 3 aromatic rings. The van der Waals surface area contributed by atoms with Crippen molar-refractivity contribution < 1.29 is 18.7 Å². The zero-order valence-corrected chi connectivity index (χ0v) is 20.0. The zero-order chi connectivity index (χ0) is 23.9. The van der Waals surface area contributed by atoms with Crippen LogP contribution in [0.1, 0.15) is 47.7 Å². The number of thiophene rings is 1. The second-order valence-electron chi connectivity index (χ2n) is 8.57. The molecule has 178 valence electrons. The maximum Gasteiger partial charge on any atom is 0.247 e. The average Bonchev–Trinajstić information content (AvgIpc) is 3.55. The van der Waals surface area contributed by atoms with Gasteiger partial charge >= 0.3 is 0 Å². The van der Waals surface area contributed by atoms with Gasteiger partial charge in [0.25, 0.3) is 0 Å². The predicted octanol–water partition coefficient (Wildman–Crippen LogP) is 5.27. The molecule has 1 aliphatic rings. The van der Waals surface area contributed by atoms with Gasteiger partial charge in [0.15, 0.2) is 0 Å². The van der Waals surface area contributed by atoms with Crippen molar-refractivity contribution in [3.63, 3.8) is 0 Å². The number of methoxy groups -OCH3 is 1. The van der Waals surface area contributed by atoms with Gasteiger partial charge in [0.1, 0.15) is 17.6 Å². The molecule has 1 aliphatic carbocycles. The highest BCUT2D eigenvalue weighted by molar-refractivity contribution is 7.10. The Kier molecular flexibility index (Phi) is 7.95. The summed E-state index contributed by atoms with van der Waals surface area (Å²) in [6.45, 7) is 0.244. The van der Waals surface area contributed by atoms with Crippen LogP contribution in [-0.4, -0.2) is 29.9 Å². The minimum Gasteiger partial charge on any atom is -0.497 e. The van der Waals surface area contributed by atoms with Gasteiger partial charge in [-0.2, -0.15) is 0 Å². The summed E-state index contributed by atoms with van der Waals surface area (Å²) in [5.74, 6) is -0.0553. The van der Waals surface area contributed by atoms with Crippen molar-refractivity contribution in [2.45, 2.75) is 50.7 Å². The first-order valence-electron chi connectivity index (χ1n) is 11.5. The van der Waals surface area contributed by atoms with Crippen LogP contribution in [0.25, 0.3) is 0 Å². The van der Waals surface area contributed by atoms with E-state index in [0.717, 1.165) is 36.1 Å². The van der Waals surface area contributed by atoms with E-state index in [0.29, 0.717) is 11.3 Å². The first-order chi connectivity index (χ1) is 16.5. The van der Waals surface area contributed by atoms with Crippen LogP contribution in [0.5, 0.6) is 5.75 Å². The molecule has 1 atom stereocenters. The molecule has 4 rings (SSSR count). The minimum atomic E-state index is -0.865.